The van der Waals surface area contributed by atoms with Crippen LogP contribution in [0.15, 0.2) is 48.5 Å². The molecular formula is C15H12Cl2O3. The number of halogens is 2. The highest BCUT2D eigenvalue weighted by atomic mass is 35.5. The van der Waals surface area contributed by atoms with Crippen molar-refractivity contribution >= 4 is 29.2 Å². The van der Waals surface area contributed by atoms with Crippen LogP contribution in [0.25, 0.3) is 0 Å². The van der Waals surface area contributed by atoms with Gasteiger partial charge in [0.25, 0.3) is 0 Å². The summed E-state index contributed by atoms with van der Waals surface area (Å²) in [7, 11) is 0. The van der Waals surface area contributed by atoms with Crippen molar-refractivity contribution in [1.29, 1.82) is 0 Å². The summed E-state index contributed by atoms with van der Waals surface area (Å²) in [6, 6.07) is 14.3. The maximum atomic E-state index is 10.7. The van der Waals surface area contributed by atoms with Crippen molar-refractivity contribution in [1.82, 2.24) is 0 Å². The molecule has 0 aromatic heterocycles. The summed E-state index contributed by atoms with van der Waals surface area (Å²) in [6.07, 6.45) is -0.617. The number of carbonyl (C=O) groups is 1. The number of rotatable bonds is 5. The average molecular weight is 311 g/mol. The zero-order valence-electron chi connectivity index (χ0n) is 10.4. The zero-order valence-corrected chi connectivity index (χ0v) is 11.9. The minimum atomic E-state index is -1.05. The Morgan fingerprint density at radius 1 is 1.00 bits per heavy atom. The van der Waals surface area contributed by atoms with Crippen molar-refractivity contribution in [3.8, 4) is 0 Å². The second kappa shape index (κ2) is 6.75. The third-order valence-corrected chi connectivity index (χ3v) is 3.44. The molecule has 0 fully saturated rings. The first-order valence-corrected chi connectivity index (χ1v) is 6.67. The number of hydrogen-bond acceptors (Lipinski definition) is 2. The van der Waals surface area contributed by atoms with Crippen LogP contribution in [0, 0.1) is 0 Å². The maximum Gasteiger partial charge on any atom is 0.329 e. The fourth-order valence-corrected chi connectivity index (χ4v) is 2.35. The van der Waals surface area contributed by atoms with Gasteiger partial charge in [0, 0.05) is 21.2 Å². The van der Waals surface area contributed by atoms with E-state index in [-0.39, 0.29) is 0 Å². The summed E-state index contributed by atoms with van der Waals surface area (Å²) in [5.41, 5.74) is 1.37. The lowest BCUT2D eigenvalue weighted by atomic mass is 10.0. The Hall–Kier alpha value is -1.55. The molecule has 0 radical (unpaired) electrons. The molecule has 0 saturated heterocycles. The molecule has 0 amide bonds. The molecule has 1 N–H and O–H groups in total. The lowest BCUT2D eigenvalue weighted by Gasteiger charge is -2.20. The molecule has 2 aromatic carbocycles. The number of aliphatic carboxylic acids is 1. The molecule has 0 bridgehead atoms. The van der Waals surface area contributed by atoms with E-state index in [1.165, 1.54) is 0 Å². The molecule has 0 saturated carbocycles. The molecular weight excluding hydrogens is 299 g/mol. The largest absolute Gasteiger partial charge is 0.480 e. The molecule has 104 valence electrons. The number of benzene rings is 2. The SMILES string of the molecule is O=C(O)COC(c1ccccc1Cl)c1ccccc1Cl. The smallest absolute Gasteiger partial charge is 0.329 e. The highest BCUT2D eigenvalue weighted by Crippen LogP contribution is 2.34. The summed E-state index contributed by atoms with van der Waals surface area (Å²) in [4.78, 5) is 10.7. The first-order chi connectivity index (χ1) is 9.59. The first kappa shape index (κ1) is 14.9. The van der Waals surface area contributed by atoms with Crippen molar-refractivity contribution < 1.29 is 14.6 Å². The second-order valence-corrected chi connectivity index (χ2v) is 4.94. The number of ether oxygens (including phenoxy) is 1. The molecule has 0 spiro atoms. The number of hydrogen-bond donors (Lipinski definition) is 1. The van der Waals surface area contributed by atoms with Crippen LogP contribution in [-0.4, -0.2) is 17.7 Å². The van der Waals surface area contributed by atoms with Crippen LogP contribution < -0.4 is 0 Å². The van der Waals surface area contributed by atoms with E-state index in [0.29, 0.717) is 21.2 Å². The fourth-order valence-electron chi connectivity index (χ4n) is 1.88. The fraction of sp³-hybridized carbons (Fsp3) is 0.133. The van der Waals surface area contributed by atoms with Crippen LogP contribution in [0.5, 0.6) is 0 Å². The molecule has 0 aliphatic carbocycles. The summed E-state index contributed by atoms with van der Waals surface area (Å²) in [6.45, 7) is -0.429. The molecule has 2 rings (SSSR count). The van der Waals surface area contributed by atoms with Gasteiger partial charge in [0.2, 0.25) is 0 Å². The van der Waals surface area contributed by atoms with Gasteiger partial charge in [-0.15, -0.1) is 0 Å². The van der Waals surface area contributed by atoms with Gasteiger partial charge in [-0.1, -0.05) is 59.6 Å². The van der Waals surface area contributed by atoms with E-state index in [1.807, 2.05) is 12.1 Å². The van der Waals surface area contributed by atoms with Gasteiger partial charge in [-0.3, -0.25) is 0 Å². The van der Waals surface area contributed by atoms with Crippen molar-refractivity contribution in [2.45, 2.75) is 6.10 Å². The van der Waals surface area contributed by atoms with Gasteiger partial charge < -0.3 is 9.84 Å². The number of carboxylic acid groups (broad SMARTS) is 1. The molecule has 0 atom stereocenters. The van der Waals surface area contributed by atoms with E-state index >= 15 is 0 Å². The van der Waals surface area contributed by atoms with Gasteiger partial charge in [-0.05, 0) is 12.1 Å². The van der Waals surface area contributed by atoms with E-state index in [0.717, 1.165) is 0 Å². The Bertz CT molecular complexity index is 568. The lowest BCUT2D eigenvalue weighted by Crippen LogP contribution is -2.14. The third-order valence-electron chi connectivity index (χ3n) is 2.75. The zero-order chi connectivity index (χ0) is 14.5. The lowest BCUT2D eigenvalue weighted by molar-refractivity contribution is -0.143. The quantitative estimate of drug-likeness (QED) is 0.901. The van der Waals surface area contributed by atoms with Crippen molar-refractivity contribution in [3.05, 3.63) is 69.7 Å². The predicted molar refractivity (Wildman–Crippen MR) is 78.3 cm³/mol. The van der Waals surface area contributed by atoms with Crippen LogP contribution >= 0.6 is 23.2 Å². The van der Waals surface area contributed by atoms with Crippen LogP contribution in [0.3, 0.4) is 0 Å². The molecule has 20 heavy (non-hydrogen) atoms. The van der Waals surface area contributed by atoms with Gasteiger partial charge in [-0.25, -0.2) is 4.79 Å². The highest BCUT2D eigenvalue weighted by Gasteiger charge is 2.20. The molecule has 0 aliphatic heterocycles. The van der Waals surface area contributed by atoms with Crippen LogP contribution in [-0.2, 0) is 9.53 Å². The highest BCUT2D eigenvalue weighted by molar-refractivity contribution is 6.32. The second-order valence-electron chi connectivity index (χ2n) is 4.13. The topological polar surface area (TPSA) is 46.5 Å². The van der Waals surface area contributed by atoms with Crippen molar-refractivity contribution in [2.75, 3.05) is 6.61 Å². The van der Waals surface area contributed by atoms with Crippen molar-refractivity contribution in [2.24, 2.45) is 0 Å². The van der Waals surface area contributed by atoms with Gasteiger partial charge in [0.15, 0.2) is 0 Å². The Labute approximate surface area is 126 Å². The normalized spacial score (nSPS) is 10.8. The Morgan fingerprint density at radius 2 is 1.45 bits per heavy atom. The maximum absolute atomic E-state index is 10.7. The minimum Gasteiger partial charge on any atom is -0.480 e. The first-order valence-electron chi connectivity index (χ1n) is 5.92. The van der Waals surface area contributed by atoms with Gasteiger partial charge in [-0.2, -0.15) is 0 Å². The van der Waals surface area contributed by atoms with Crippen LogP contribution in [0.1, 0.15) is 17.2 Å². The van der Waals surface area contributed by atoms with E-state index < -0.39 is 18.7 Å². The molecule has 5 heteroatoms. The van der Waals surface area contributed by atoms with Crippen LogP contribution in [0.2, 0.25) is 10.0 Å². The van der Waals surface area contributed by atoms with E-state index in [9.17, 15) is 4.79 Å². The van der Waals surface area contributed by atoms with Gasteiger partial charge >= 0.3 is 5.97 Å². The predicted octanol–water partition coefficient (Wildman–Crippen LogP) is 4.18. The van der Waals surface area contributed by atoms with E-state index in [1.54, 1.807) is 36.4 Å². The summed E-state index contributed by atoms with van der Waals surface area (Å²) >= 11 is 12.3. The summed E-state index contributed by atoms with van der Waals surface area (Å²) in [5.74, 6) is -1.05. The Morgan fingerprint density at radius 3 is 1.85 bits per heavy atom. The summed E-state index contributed by atoms with van der Waals surface area (Å²) in [5, 5.41) is 9.81. The number of carboxylic acids is 1. The van der Waals surface area contributed by atoms with E-state index in [4.69, 9.17) is 33.0 Å². The monoisotopic (exact) mass is 310 g/mol. The van der Waals surface area contributed by atoms with E-state index in [2.05, 4.69) is 0 Å². The average Bonchev–Trinajstić information content (AvgIpc) is 2.42. The summed E-state index contributed by atoms with van der Waals surface area (Å²) < 4.78 is 5.47. The molecule has 0 aliphatic rings. The van der Waals surface area contributed by atoms with Gasteiger partial charge in [0.1, 0.15) is 12.7 Å². The van der Waals surface area contributed by atoms with Gasteiger partial charge in [0.05, 0.1) is 0 Å². The Balaban J connectivity index is 2.42. The van der Waals surface area contributed by atoms with Crippen molar-refractivity contribution in [3.63, 3.8) is 0 Å². The molecule has 0 unspecified atom stereocenters. The van der Waals surface area contributed by atoms with Crippen LogP contribution in [0.4, 0.5) is 0 Å². The standard InChI is InChI=1S/C15H12Cl2O3/c16-12-7-3-1-5-10(12)15(20-9-14(18)19)11-6-2-4-8-13(11)17/h1-8,15H,9H2,(H,18,19). The molecule has 3 nitrogen and oxygen atoms in total. The third kappa shape index (κ3) is 3.51. The Kier molecular flexibility index (Phi) is 5.01. The minimum absolute atomic E-state index is 0.429. The molecule has 0 heterocycles. The molecule has 2 aromatic rings.